The summed E-state index contributed by atoms with van der Waals surface area (Å²) < 4.78 is 10.6. The highest BCUT2D eigenvalue weighted by atomic mass is 32.2. The van der Waals surface area contributed by atoms with Crippen LogP contribution in [0, 0.1) is 0 Å². The molecule has 0 aliphatic carbocycles. The van der Waals surface area contributed by atoms with Gasteiger partial charge in [-0.2, -0.15) is 11.8 Å². The molecule has 0 spiro atoms. The van der Waals surface area contributed by atoms with E-state index in [0.717, 1.165) is 36.0 Å². The molecular formula is C16H27N3O2S. The average Bonchev–Trinajstić information content (AvgIpc) is 2.57. The second-order valence-corrected chi connectivity index (χ2v) is 5.73. The molecule has 1 aromatic rings. The van der Waals surface area contributed by atoms with Gasteiger partial charge in [-0.3, -0.25) is 4.99 Å². The van der Waals surface area contributed by atoms with E-state index in [1.54, 1.807) is 21.3 Å². The monoisotopic (exact) mass is 325 g/mol. The molecule has 0 radical (unpaired) electrons. The van der Waals surface area contributed by atoms with E-state index in [1.807, 2.05) is 30.0 Å². The lowest BCUT2D eigenvalue weighted by Gasteiger charge is -2.13. The minimum atomic E-state index is 0.685. The van der Waals surface area contributed by atoms with Gasteiger partial charge in [0.25, 0.3) is 0 Å². The summed E-state index contributed by atoms with van der Waals surface area (Å²) in [5.74, 6) is 3.50. The Labute approximate surface area is 137 Å². The van der Waals surface area contributed by atoms with Crippen LogP contribution in [0.4, 0.5) is 0 Å². The van der Waals surface area contributed by atoms with Crippen molar-refractivity contribution in [1.82, 2.24) is 10.6 Å². The van der Waals surface area contributed by atoms with E-state index in [4.69, 9.17) is 9.47 Å². The van der Waals surface area contributed by atoms with E-state index < -0.39 is 0 Å². The van der Waals surface area contributed by atoms with E-state index in [1.165, 1.54) is 12.2 Å². The maximum atomic E-state index is 5.31. The van der Waals surface area contributed by atoms with Gasteiger partial charge in [-0.05, 0) is 42.5 Å². The second kappa shape index (κ2) is 11.1. The molecule has 0 heterocycles. The van der Waals surface area contributed by atoms with Crippen molar-refractivity contribution in [2.45, 2.75) is 19.4 Å². The Morgan fingerprint density at radius 3 is 2.55 bits per heavy atom. The lowest BCUT2D eigenvalue weighted by molar-refractivity contribution is 0.354. The normalized spacial score (nSPS) is 11.2. The zero-order chi connectivity index (χ0) is 16.2. The van der Waals surface area contributed by atoms with Crippen LogP contribution in [-0.4, -0.2) is 45.8 Å². The Bertz CT molecular complexity index is 467. The average molecular weight is 325 g/mol. The number of thioether (sulfide) groups is 1. The van der Waals surface area contributed by atoms with Crippen LogP contribution in [-0.2, 0) is 6.54 Å². The Balaban J connectivity index is 2.43. The van der Waals surface area contributed by atoms with Gasteiger partial charge < -0.3 is 20.1 Å². The van der Waals surface area contributed by atoms with Crippen molar-refractivity contribution < 1.29 is 9.47 Å². The third-order valence-electron chi connectivity index (χ3n) is 3.20. The molecule has 22 heavy (non-hydrogen) atoms. The molecule has 0 unspecified atom stereocenters. The lowest BCUT2D eigenvalue weighted by atomic mass is 10.2. The van der Waals surface area contributed by atoms with Crippen LogP contribution in [0.5, 0.6) is 11.5 Å². The summed E-state index contributed by atoms with van der Waals surface area (Å²) in [5, 5.41) is 6.63. The quantitative estimate of drug-likeness (QED) is 0.415. The molecule has 124 valence electrons. The van der Waals surface area contributed by atoms with Crippen molar-refractivity contribution in [3.8, 4) is 11.5 Å². The highest BCUT2D eigenvalue weighted by Gasteiger charge is 2.05. The maximum absolute atomic E-state index is 5.31. The number of nitrogens with one attached hydrogen (secondary N) is 2. The molecule has 0 fully saturated rings. The number of aliphatic imine (C=N–C) groups is 1. The molecule has 0 amide bonds. The smallest absolute Gasteiger partial charge is 0.191 e. The molecule has 0 atom stereocenters. The fourth-order valence-electron chi connectivity index (χ4n) is 1.98. The van der Waals surface area contributed by atoms with Gasteiger partial charge in [-0.1, -0.05) is 6.07 Å². The highest BCUT2D eigenvalue weighted by molar-refractivity contribution is 7.98. The van der Waals surface area contributed by atoms with E-state index in [9.17, 15) is 0 Å². The number of unbranched alkanes of at least 4 members (excludes halogenated alkanes) is 1. The molecule has 0 aliphatic rings. The van der Waals surface area contributed by atoms with Gasteiger partial charge in [0.2, 0.25) is 0 Å². The van der Waals surface area contributed by atoms with Crippen LogP contribution < -0.4 is 20.1 Å². The van der Waals surface area contributed by atoms with E-state index >= 15 is 0 Å². The van der Waals surface area contributed by atoms with Crippen molar-refractivity contribution in [2.75, 3.05) is 39.8 Å². The summed E-state index contributed by atoms with van der Waals surface area (Å²) in [4.78, 5) is 4.23. The molecule has 0 aromatic heterocycles. The summed E-state index contributed by atoms with van der Waals surface area (Å²) in [6.45, 7) is 1.62. The predicted octanol–water partition coefficient (Wildman–Crippen LogP) is 2.51. The van der Waals surface area contributed by atoms with Crippen molar-refractivity contribution in [2.24, 2.45) is 4.99 Å². The molecule has 6 heteroatoms. The first kappa shape index (κ1) is 18.5. The summed E-state index contributed by atoms with van der Waals surface area (Å²) in [5.41, 5.74) is 1.11. The van der Waals surface area contributed by atoms with Crippen LogP contribution in [0.2, 0.25) is 0 Å². The van der Waals surface area contributed by atoms with Gasteiger partial charge in [0.05, 0.1) is 14.2 Å². The number of hydrogen-bond donors (Lipinski definition) is 2. The Kier molecular flexibility index (Phi) is 9.30. The molecule has 1 aromatic carbocycles. The van der Waals surface area contributed by atoms with Crippen LogP contribution in [0.15, 0.2) is 23.2 Å². The van der Waals surface area contributed by atoms with Crippen LogP contribution in [0.1, 0.15) is 18.4 Å². The number of hydrogen-bond acceptors (Lipinski definition) is 4. The Morgan fingerprint density at radius 2 is 1.91 bits per heavy atom. The SMILES string of the molecule is CN=C(NCCCCSC)NCc1ccc(OC)c(OC)c1. The van der Waals surface area contributed by atoms with Gasteiger partial charge in [0.15, 0.2) is 17.5 Å². The van der Waals surface area contributed by atoms with Gasteiger partial charge in [0.1, 0.15) is 0 Å². The molecule has 0 saturated heterocycles. The summed E-state index contributed by atoms with van der Waals surface area (Å²) in [6.07, 6.45) is 4.51. The zero-order valence-electron chi connectivity index (χ0n) is 13.9. The van der Waals surface area contributed by atoms with Crippen LogP contribution >= 0.6 is 11.8 Å². The van der Waals surface area contributed by atoms with Crippen LogP contribution in [0.25, 0.3) is 0 Å². The topological polar surface area (TPSA) is 54.9 Å². The summed E-state index contributed by atoms with van der Waals surface area (Å²) in [7, 11) is 5.06. The van der Waals surface area contributed by atoms with Crippen molar-refractivity contribution in [3.63, 3.8) is 0 Å². The first-order chi connectivity index (χ1) is 10.7. The van der Waals surface area contributed by atoms with Crippen molar-refractivity contribution >= 4 is 17.7 Å². The molecule has 0 aliphatic heterocycles. The third kappa shape index (κ3) is 6.47. The Hall–Kier alpha value is -1.56. The number of rotatable bonds is 9. The molecule has 0 bridgehead atoms. The largest absolute Gasteiger partial charge is 0.493 e. The summed E-state index contributed by atoms with van der Waals surface area (Å²) >= 11 is 1.88. The molecule has 1 rings (SSSR count). The fourth-order valence-corrected chi connectivity index (χ4v) is 2.47. The van der Waals surface area contributed by atoms with E-state index in [0.29, 0.717) is 6.54 Å². The minimum Gasteiger partial charge on any atom is -0.493 e. The molecular weight excluding hydrogens is 298 g/mol. The number of nitrogens with zero attached hydrogens (tertiary/aromatic N) is 1. The van der Waals surface area contributed by atoms with Gasteiger partial charge >= 0.3 is 0 Å². The van der Waals surface area contributed by atoms with Crippen molar-refractivity contribution in [3.05, 3.63) is 23.8 Å². The fraction of sp³-hybridized carbons (Fsp3) is 0.562. The van der Waals surface area contributed by atoms with E-state index in [2.05, 4.69) is 21.9 Å². The third-order valence-corrected chi connectivity index (χ3v) is 3.90. The van der Waals surface area contributed by atoms with Gasteiger partial charge in [-0.15, -0.1) is 0 Å². The van der Waals surface area contributed by atoms with Crippen molar-refractivity contribution in [1.29, 1.82) is 0 Å². The molecule has 0 saturated carbocycles. The minimum absolute atomic E-state index is 0.685. The first-order valence-corrected chi connectivity index (χ1v) is 8.79. The number of ether oxygens (including phenoxy) is 2. The van der Waals surface area contributed by atoms with Crippen LogP contribution in [0.3, 0.4) is 0 Å². The second-order valence-electron chi connectivity index (χ2n) is 4.74. The summed E-state index contributed by atoms with van der Waals surface area (Å²) in [6, 6.07) is 5.89. The molecule has 2 N–H and O–H groups in total. The lowest BCUT2D eigenvalue weighted by Crippen LogP contribution is -2.37. The zero-order valence-corrected chi connectivity index (χ0v) is 14.8. The Morgan fingerprint density at radius 1 is 1.14 bits per heavy atom. The highest BCUT2D eigenvalue weighted by Crippen LogP contribution is 2.27. The molecule has 5 nitrogen and oxygen atoms in total. The number of methoxy groups -OCH3 is 2. The number of benzene rings is 1. The predicted molar refractivity (Wildman–Crippen MR) is 95.4 cm³/mol. The maximum Gasteiger partial charge on any atom is 0.191 e. The van der Waals surface area contributed by atoms with E-state index in [-0.39, 0.29) is 0 Å². The first-order valence-electron chi connectivity index (χ1n) is 7.39. The standard InChI is InChI=1S/C16H27N3O2S/c1-17-16(18-9-5-6-10-22-4)19-12-13-7-8-14(20-2)15(11-13)21-3/h7-8,11H,5-6,9-10,12H2,1-4H3,(H2,17,18,19). The number of guanidine groups is 1. The van der Waals surface area contributed by atoms with Gasteiger partial charge in [-0.25, -0.2) is 0 Å². The van der Waals surface area contributed by atoms with Gasteiger partial charge in [0, 0.05) is 20.1 Å².